The van der Waals surface area contributed by atoms with E-state index in [0.717, 1.165) is 16.2 Å². The molecule has 1 heterocycles. The molecule has 1 aromatic heterocycles. The third-order valence-corrected chi connectivity index (χ3v) is 4.54. The lowest BCUT2D eigenvalue weighted by molar-refractivity contribution is -0.146. The van der Waals surface area contributed by atoms with Crippen LogP contribution in [0.25, 0.3) is 0 Å². The highest BCUT2D eigenvalue weighted by Crippen LogP contribution is 2.35. The van der Waals surface area contributed by atoms with Gasteiger partial charge in [0.15, 0.2) is 0 Å². The zero-order valence-corrected chi connectivity index (χ0v) is 12.3. The molecule has 0 amide bonds. The number of carbonyl (C=O) groups is 1. The lowest BCUT2D eigenvalue weighted by Gasteiger charge is -2.18. The number of aliphatic hydroxyl groups excluding tert-OH is 1. The van der Waals surface area contributed by atoms with Crippen LogP contribution in [0.2, 0.25) is 0 Å². The minimum atomic E-state index is -0.921. The highest BCUT2D eigenvalue weighted by molar-refractivity contribution is 7.12. The van der Waals surface area contributed by atoms with Crippen molar-refractivity contribution in [2.75, 3.05) is 0 Å². The summed E-state index contributed by atoms with van der Waals surface area (Å²) in [6, 6.07) is 3.83. The van der Waals surface area contributed by atoms with E-state index in [1.807, 2.05) is 19.1 Å². The molecule has 0 saturated carbocycles. The summed E-state index contributed by atoms with van der Waals surface area (Å²) in [5.74, 6) is -1.63. The normalized spacial score (nSPS) is 15.4. The number of aliphatic carboxylic acids is 1. The quantitative estimate of drug-likeness (QED) is 0.859. The molecule has 0 aliphatic carbocycles. The van der Waals surface area contributed by atoms with E-state index < -0.39 is 18.0 Å². The van der Waals surface area contributed by atoms with E-state index in [-0.39, 0.29) is 5.41 Å². The molecule has 1 aromatic rings. The molecule has 0 fully saturated rings. The molecule has 18 heavy (non-hydrogen) atoms. The van der Waals surface area contributed by atoms with Crippen molar-refractivity contribution in [1.82, 2.24) is 0 Å². The van der Waals surface area contributed by atoms with Crippen molar-refractivity contribution in [3.05, 3.63) is 21.9 Å². The Balaban J connectivity index is 2.92. The maximum Gasteiger partial charge on any atom is 0.309 e. The molecule has 0 aliphatic heterocycles. The van der Waals surface area contributed by atoms with Gasteiger partial charge >= 0.3 is 5.97 Å². The van der Waals surface area contributed by atoms with Crippen LogP contribution in [-0.2, 0) is 10.2 Å². The standard InChI is InChI=1S/C14H22O3S/c1-5-6-9(13(16)17)12(15)10-7-8-11(18-10)14(2,3)4/h7-9,12,15H,5-6H2,1-4H3,(H,16,17). The van der Waals surface area contributed by atoms with Gasteiger partial charge in [-0.3, -0.25) is 4.79 Å². The average Bonchev–Trinajstić information content (AvgIpc) is 2.73. The molecule has 102 valence electrons. The molecule has 1 rings (SSSR count). The Hall–Kier alpha value is -0.870. The van der Waals surface area contributed by atoms with Gasteiger partial charge in [-0.05, 0) is 24.0 Å². The summed E-state index contributed by atoms with van der Waals surface area (Å²) in [6.07, 6.45) is 0.355. The van der Waals surface area contributed by atoms with Crippen LogP contribution in [0.15, 0.2) is 12.1 Å². The van der Waals surface area contributed by atoms with Crippen molar-refractivity contribution in [3.8, 4) is 0 Å². The number of rotatable bonds is 5. The molecule has 0 aliphatic rings. The van der Waals surface area contributed by atoms with Crippen molar-refractivity contribution in [2.24, 2.45) is 5.92 Å². The van der Waals surface area contributed by atoms with Crippen LogP contribution in [0.3, 0.4) is 0 Å². The smallest absolute Gasteiger partial charge is 0.309 e. The van der Waals surface area contributed by atoms with Crippen molar-refractivity contribution < 1.29 is 15.0 Å². The summed E-state index contributed by atoms with van der Waals surface area (Å²) in [4.78, 5) is 13.1. The first-order valence-electron chi connectivity index (χ1n) is 6.28. The second kappa shape index (κ2) is 5.85. The zero-order valence-electron chi connectivity index (χ0n) is 11.4. The van der Waals surface area contributed by atoms with Crippen molar-refractivity contribution in [3.63, 3.8) is 0 Å². The first kappa shape index (κ1) is 15.2. The van der Waals surface area contributed by atoms with Gasteiger partial charge < -0.3 is 10.2 Å². The van der Waals surface area contributed by atoms with Crippen LogP contribution in [0.4, 0.5) is 0 Å². The summed E-state index contributed by atoms with van der Waals surface area (Å²) >= 11 is 1.51. The van der Waals surface area contributed by atoms with Crippen LogP contribution >= 0.6 is 11.3 Å². The molecule has 2 unspecified atom stereocenters. The van der Waals surface area contributed by atoms with Gasteiger partial charge in [-0.1, -0.05) is 34.1 Å². The maximum atomic E-state index is 11.2. The molecule has 0 bridgehead atoms. The van der Waals surface area contributed by atoms with Crippen LogP contribution < -0.4 is 0 Å². The lowest BCUT2D eigenvalue weighted by atomic mass is 9.94. The summed E-state index contributed by atoms with van der Waals surface area (Å²) in [6.45, 7) is 8.25. The van der Waals surface area contributed by atoms with Crippen LogP contribution in [0.5, 0.6) is 0 Å². The molecule has 2 N–H and O–H groups in total. The topological polar surface area (TPSA) is 57.5 Å². The molecule has 4 heteroatoms. The van der Waals surface area contributed by atoms with E-state index in [4.69, 9.17) is 5.11 Å². The molecule has 2 atom stereocenters. The molecule has 0 spiro atoms. The second-order valence-electron chi connectivity index (χ2n) is 5.63. The average molecular weight is 270 g/mol. The van der Waals surface area contributed by atoms with E-state index in [0.29, 0.717) is 6.42 Å². The molecule has 0 radical (unpaired) electrons. The number of carboxylic acids is 1. The van der Waals surface area contributed by atoms with Gasteiger partial charge in [0.05, 0.1) is 5.92 Å². The number of aliphatic hydroxyl groups is 1. The van der Waals surface area contributed by atoms with E-state index in [1.54, 1.807) is 0 Å². The molecule has 3 nitrogen and oxygen atoms in total. The van der Waals surface area contributed by atoms with Gasteiger partial charge in [-0.25, -0.2) is 0 Å². The Kier molecular flexibility index (Phi) is 4.93. The third-order valence-electron chi connectivity index (χ3n) is 2.96. The fourth-order valence-corrected chi connectivity index (χ4v) is 2.96. The maximum absolute atomic E-state index is 11.2. The highest BCUT2D eigenvalue weighted by Gasteiger charge is 2.29. The van der Waals surface area contributed by atoms with Gasteiger partial charge in [0, 0.05) is 9.75 Å². The summed E-state index contributed by atoms with van der Waals surface area (Å²) in [5, 5.41) is 19.3. The summed E-state index contributed by atoms with van der Waals surface area (Å²) in [7, 11) is 0. The van der Waals surface area contributed by atoms with Crippen molar-refractivity contribution >= 4 is 17.3 Å². The van der Waals surface area contributed by atoms with E-state index in [9.17, 15) is 9.90 Å². The Morgan fingerprint density at radius 3 is 2.39 bits per heavy atom. The third kappa shape index (κ3) is 3.56. The Morgan fingerprint density at radius 1 is 1.39 bits per heavy atom. The predicted molar refractivity (Wildman–Crippen MR) is 74.0 cm³/mol. The van der Waals surface area contributed by atoms with Gasteiger partial charge in [0.2, 0.25) is 0 Å². The Labute approximate surface area is 112 Å². The molecule has 0 saturated heterocycles. The fourth-order valence-electron chi connectivity index (χ4n) is 1.84. The Bertz CT molecular complexity index is 403. The number of hydrogen-bond donors (Lipinski definition) is 2. The van der Waals surface area contributed by atoms with Crippen LogP contribution in [0, 0.1) is 5.92 Å². The predicted octanol–water partition coefficient (Wildman–Crippen LogP) is 3.58. The second-order valence-corrected chi connectivity index (χ2v) is 6.75. The van der Waals surface area contributed by atoms with Crippen molar-refractivity contribution in [1.29, 1.82) is 0 Å². The minimum Gasteiger partial charge on any atom is -0.481 e. The number of thiophene rings is 1. The number of hydrogen-bond acceptors (Lipinski definition) is 3. The first-order chi connectivity index (χ1) is 8.27. The van der Waals surface area contributed by atoms with Gasteiger partial charge in [-0.2, -0.15) is 0 Å². The molecular weight excluding hydrogens is 248 g/mol. The molecular formula is C14H22O3S. The first-order valence-corrected chi connectivity index (χ1v) is 7.10. The zero-order chi connectivity index (χ0) is 13.9. The van der Waals surface area contributed by atoms with E-state index >= 15 is 0 Å². The summed E-state index contributed by atoms with van der Waals surface area (Å²) < 4.78 is 0. The van der Waals surface area contributed by atoms with Gasteiger partial charge in [0.25, 0.3) is 0 Å². The van der Waals surface area contributed by atoms with Crippen molar-refractivity contribution in [2.45, 2.75) is 52.1 Å². The van der Waals surface area contributed by atoms with Gasteiger partial charge in [0.1, 0.15) is 6.10 Å². The Morgan fingerprint density at radius 2 is 2.00 bits per heavy atom. The molecule has 0 aromatic carbocycles. The SMILES string of the molecule is CCCC(C(=O)O)C(O)c1ccc(C(C)(C)C)s1. The minimum absolute atomic E-state index is 0.0338. The fraction of sp³-hybridized carbons (Fsp3) is 0.643. The van der Waals surface area contributed by atoms with Gasteiger partial charge in [-0.15, -0.1) is 11.3 Å². The van der Waals surface area contributed by atoms with E-state index in [2.05, 4.69) is 20.8 Å². The number of carboxylic acid groups (broad SMARTS) is 1. The lowest BCUT2D eigenvalue weighted by Crippen LogP contribution is -2.21. The van der Waals surface area contributed by atoms with E-state index in [1.165, 1.54) is 11.3 Å². The monoisotopic (exact) mass is 270 g/mol. The highest BCUT2D eigenvalue weighted by atomic mass is 32.1. The summed E-state index contributed by atoms with van der Waals surface area (Å²) in [5.41, 5.74) is 0.0338. The largest absolute Gasteiger partial charge is 0.481 e. The van der Waals surface area contributed by atoms with Crippen LogP contribution in [0.1, 0.15) is 56.4 Å². The van der Waals surface area contributed by atoms with Crippen LogP contribution in [-0.4, -0.2) is 16.2 Å².